The van der Waals surface area contributed by atoms with Gasteiger partial charge in [0, 0.05) is 13.1 Å². The fourth-order valence-corrected chi connectivity index (χ4v) is 2.70. The predicted molar refractivity (Wildman–Crippen MR) is 93.5 cm³/mol. The lowest BCUT2D eigenvalue weighted by Crippen LogP contribution is -2.39. The summed E-state index contributed by atoms with van der Waals surface area (Å²) < 4.78 is 7.10. The molecule has 4 aromatic heterocycles. The molecule has 0 unspecified atom stereocenters. The third-order valence-electron chi connectivity index (χ3n) is 3.98. The zero-order chi connectivity index (χ0) is 19.0. The summed E-state index contributed by atoms with van der Waals surface area (Å²) in [6.07, 6.45) is 12.9. The monoisotopic (exact) mass is 384 g/mol. The van der Waals surface area contributed by atoms with Crippen molar-refractivity contribution >= 4 is 0 Å². The van der Waals surface area contributed by atoms with Crippen molar-refractivity contribution in [3.8, 4) is 0 Å². The molecule has 28 heavy (non-hydrogen) atoms. The Hall–Kier alpha value is -3.52. The van der Waals surface area contributed by atoms with Crippen LogP contribution in [0.1, 0.15) is 0 Å². The van der Waals surface area contributed by atoms with Gasteiger partial charge in [-0.2, -0.15) is 20.4 Å². The Kier molecular flexibility index (Phi) is 5.69. The van der Waals surface area contributed by atoms with Gasteiger partial charge >= 0.3 is 0 Å². The Labute approximate surface area is 160 Å². The molecule has 4 rings (SSSR count). The minimum Gasteiger partial charge on any atom is -0.263 e. The lowest BCUT2D eigenvalue weighted by molar-refractivity contribution is 0.0940. The smallest absolute Gasteiger partial charge is 0.137 e. The summed E-state index contributed by atoms with van der Waals surface area (Å²) in [6, 6.07) is 0. The van der Waals surface area contributed by atoms with Gasteiger partial charge in [-0.1, -0.05) is 0 Å². The highest BCUT2D eigenvalue weighted by atomic mass is 15.5. The van der Waals surface area contributed by atoms with Crippen LogP contribution in [0.2, 0.25) is 0 Å². The van der Waals surface area contributed by atoms with Crippen molar-refractivity contribution in [1.82, 2.24) is 68.9 Å². The molecule has 14 heteroatoms. The van der Waals surface area contributed by atoms with Crippen molar-refractivity contribution in [2.75, 3.05) is 13.1 Å². The maximum Gasteiger partial charge on any atom is 0.137 e. The normalized spacial score (nSPS) is 11.6. The van der Waals surface area contributed by atoms with E-state index in [1.165, 1.54) is 25.3 Å². The van der Waals surface area contributed by atoms with E-state index in [0.29, 0.717) is 26.7 Å². The Morgan fingerprint density at radius 3 is 0.964 bits per heavy atom. The molecule has 4 heterocycles. The average molecular weight is 384 g/mol. The molecule has 14 nitrogen and oxygen atoms in total. The summed E-state index contributed by atoms with van der Waals surface area (Å²) in [5.41, 5.74) is 0. The lowest BCUT2D eigenvalue weighted by atomic mass is 10.5. The Bertz CT molecular complexity index is 733. The van der Waals surface area contributed by atoms with E-state index in [1.54, 1.807) is 44.0 Å². The first-order valence-corrected chi connectivity index (χ1v) is 8.59. The molecule has 0 N–H and O–H groups in total. The minimum absolute atomic E-state index is 0.584. The van der Waals surface area contributed by atoms with Crippen LogP contribution < -0.4 is 0 Å². The van der Waals surface area contributed by atoms with Crippen LogP contribution >= 0.6 is 0 Å². The van der Waals surface area contributed by atoms with Crippen molar-refractivity contribution in [1.29, 1.82) is 0 Å². The number of hydrogen-bond donors (Lipinski definition) is 0. The number of nitrogens with zero attached hydrogens (tertiary/aromatic N) is 14. The van der Waals surface area contributed by atoms with Gasteiger partial charge in [0.25, 0.3) is 0 Å². The second-order valence-corrected chi connectivity index (χ2v) is 6.09. The second kappa shape index (κ2) is 8.92. The molecule has 0 saturated carbocycles. The molecule has 0 aliphatic rings. The van der Waals surface area contributed by atoms with Gasteiger partial charge in [-0.25, -0.2) is 38.7 Å². The third kappa shape index (κ3) is 5.01. The second-order valence-electron chi connectivity index (χ2n) is 6.09. The van der Waals surface area contributed by atoms with Crippen molar-refractivity contribution in [2.24, 2.45) is 0 Å². The summed E-state index contributed by atoms with van der Waals surface area (Å²) in [5, 5.41) is 16.8. The molecule has 0 aliphatic heterocycles. The van der Waals surface area contributed by atoms with Gasteiger partial charge < -0.3 is 0 Å². The molecule has 0 aliphatic carbocycles. The van der Waals surface area contributed by atoms with Crippen LogP contribution in [0.5, 0.6) is 0 Å². The van der Waals surface area contributed by atoms with Crippen LogP contribution in [0.4, 0.5) is 0 Å². The molecular formula is C14H20N14. The lowest BCUT2D eigenvalue weighted by Gasteiger charge is -2.27. The van der Waals surface area contributed by atoms with E-state index in [2.05, 4.69) is 50.1 Å². The van der Waals surface area contributed by atoms with Crippen molar-refractivity contribution in [3.05, 3.63) is 50.6 Å². The number of aromatic nitrogens is 12. The summed E-state index contributed by atoms with van der Waals surface area (Å²) in [5.74, 6) is 0. The highest BCUT2D eigenvalue weighted by Crippen LogP contribution is 2.01. The molecule has 0 amide bonds. The number of hydrogen-bond acceptors (Lipinski definition) is 10. The molecule has 4 aromatic rings. The van der Waals surface area contributed by atoms with E-state index in [4.69, 9.17) is 0 Å². The van der Waals surface area contributed by atoms with Gasteiger partial charge in [-0.3, -0.25) is 9.80 Å². The van der Waals surface area contributed by atoms with E-state index in [-0.39, 0.29) is 0 Å². The highest BCUT2D eigenvalue weighted by Gasteiger charge is 2.13. The third-order valence-corrected chi connectivity index (χ3v) is 3.98. The van der Waals surface area contributed by atoms with E-state index < -0.39 is 0 Å². The summed E-state index contributed by atoms with van der Waals surface area (Å²) >= 11 is 0. The molecule has 0 atom stereocenters. The van der Waals surface area contributed by atoms with Crippen molar-refractivity contribution in [3.63, 3.8) is 0 Å². The summed E-state index contributed by atoms with van der Waals surface area (Å²) in [6.45, 7) is 3.84. The fraction of sp³-hybridized carbons (Fsp3) is 0.429. The molecule has 0 spiro atoms. The molecule has 0 saturated heterocycles. The first kappa shape index (κ1) is 17.9. The zero-order valence-electron chi connectivity index (χ0n) is 15.1. The molecule has 0 radical (unpaired) electrons. The van der Waals surface area contributed by atoms with Gasteiger partial charge in [-0.05, 0) is 0 Å². The van der Waals surface area contributed by atoms with Gasteiger partial charge in [0.2, 0.25) is 0 Å². The molecule has 0 fully saturated rings. The zero-order valence-corrected chi connectivity index (χ0v) is 15.1. The van der Waals surface area contributed by atoms with Gasteiger partial charge in [0.1, 0.15) is 50.6 Å². The van der Waals surface area contributed by atoms with Crippen molar-refractivity contribution < 1.29 is 0 Å². The molecule has 0 aromatic carbocycles. The van der Waals surface area contributed by atoms with E-state index >= 15 is 0 Å². The standard InChI is InChI=1S/C14H20N14/c1(23(11-25-7-15-3-19-25)12-26-8-16-4-20-26)2-24(13-27-9-17-5-21-27)14-28-10-18-6-22-28/h3-10H,1-2,11-14H2. The van der Waals surface area contributed by atoms with Crippen LogP contribution in [0, 0.1) is 0 Å². The Morgan fingerprint density at radius 1 is 0.464 bits per heavy atom. The first-order chi connectivity index (χ1) is 13.8. The Morgan fingerprint density at radius 2 is 0.750 bits per heavy atom. The summed E-state index contributed by atoms with van der Waals surface area (Å²) in [4.78, 5) is 20.4. The predicted octanol–water partition coefficient (Wildman–Crippen LogP) is -1.41. The molecule has 0 bridgehead atoms. The highest BCUT2D eigenvalue weighted by molar-refractivity contribution is 4.65. The van der Waals surface area contributed by atoms with Crippen LogP contribution in [0.25, 0.3) is 0 Å². The van der Waals surface area contributed by atoms with E-state index in [0.717, 1.165) is 13.1 Å². The SMILES string of the molecule is c1ncn(CN(CCN(Cn2cncn2)Cn2cncn2)Cn2cncn2)n1. The van der Waals surface area contributed by atoms with Gasteiger partial charge in [-0.15, -0.1) is 0 Å². The van der Waals surface area contributed by atoms with Gasteiger partial charge in [0.15, 0.2) is 0 Å². The topological polar surface area (TPSA) is 129 Å². The number of rotatable bonds is 11. The van der Waals surface area contributed by atoms with Gasteiger partial charge in [0.05, 0.1) is 26.7 Å². The maximum atomic E-state index is 4.19. The van der Waals surface area contributed by atoms with E-state index in [9.17, 15) is 0 Å². The molecule has 146 valence electrons. The largest absolute Gasteiger partial charge is 0.263 e. The van der Waals surface area contributed by atoms with Crippen LogP contribution in [-0.2, 0) is 26.7 Å². The van der Waals surface area contributed by atoms with Crippen LogP contribution in [-0.4, -0.2) is 81.9 Å². The first-order valence-electron chi connectivity index (χ1n) is 8.59. The van der Waals surface area contributed by atoms with E-state index in [1.807, 2.05) is 0 Å². The van der Waals surface area contributed by atoms with Crippen molar-refractivity contribution in [2.45, 2.75) is 26.7 Å². The summed E-state index contributed by atoms with van der Waals surface area (Å²) in [7, 11) is 0. The quantitative estimate of drug-likeness (QED) is 0.304. The van der Waals surface area contributed by atoms with Crippen LogP contribution in [0.15, 0.2) is 50.6 Å². The average Bonchev–Trinajstić information content (AvgIpc) is 3.47. The Balaban J connectivity index is 1.41. The fourth-order valence-electron chi connectivity index (χ4n) is 2.70. The maximum absolute atomic E-state index is 4.19. The molecular weight excluding hydrogens is 364 g/mol. The minimum atomic E-state index is 0.584. The van der Waals surface area contributed by atoms with Crippen LogP contribution in [0.3, 0.4) is 0 Å².